The summed E-state index contributed by atoms with van der Waals surface area (Å²) in [4.78, 5) is 38.7. The predicted molar refractivity (Wildman–Crippen MR) is 156 cm³/mol. The van der Waals surface area contributed by atoms with E-state index in [0.717, 1.165) is 16.0 Å². The summed E-state index contributed by atoms with van der Waals surface area (Å²) in [6.45, 7) is 5.59. The van der Waals surface area contributed by atoms with Gasteiger partial charge < -0.3 is 20.1 Å². The molecular weight excluding hydrogens is 572 g/mol. The Labute approximate surface area is 246 Å². The Morgan fingerprint density at radius 1 is 1.10 bits per heavy atom. The summed E-state index contributed by atoms with van der Waals surface area (Å²) in [5, 5.41) is 5.69. The van der Waals surface area contributed by atoms with Crippen LogP contribution in [-0.4, -0.2) is 35.9 Å². The zero-order valence-electron chi connectivity index (χ0n) is 22.0. The lowest BCUT2D eigenvalue weighted by molar-refractivity contribution is -0.127. The fraction of sp³-hybridized carbons (Fsp3) is 0.167. The molecule has 1 aliphatic rings. The number of benzene rings is 3. The highest BCUT2D eigenvalue weighted by Crippen LogP contribution is 2.36. The van der Waals surface area contributed by atoms with E-state index in [-0.39, 0.29) is 18.0 Å². The summed E-state index contributed by atoms with van der Waals surface area (Å²) in [5.74, 6) is -1.15. The number of nitrogens with one attached hydrogen (secondary N) is 2. The standard InChI is InChI=1S/C30H26Cl2FN3O5/c1-3-7-20-12-19(15-26(40-4-2)28(20)41-17-18-10-11-21(31)22(32)13-18)14-25-29(38)36(30(39)35-25)16-27(37)34-24-9-6-5-8-23(24)33/h3,5-6,8-15H,1,4,7,16-17H2,2H3,(H,34,37)(H,35,39)/b25-14+. The highest BCUT2D eigenvalue weighted by Gasteiger charge is 2.35. The van der Waals surface area contributed by atoms with Crippen molar-refractivity contribution < 1.29 is 28.2 Å². The van der Waals surface area contributed by atoms with Crippen molar-refractivity contribution in [2.24, 2.45) is 0 Å². The summed E-state index contributed by atoms with van der Waals surface area (Å²) in [6.07, 6.45) is 3.61. The molecule has 0 aromatic heterocycles. The van der Waals surface area contributed by atoms with Gasteiger partial charge in [0.1, 0.15) is 24.7 Å². The minimum atomic E-state index is -0.775. The van der Waals surface area contributed by atoms with Crippen molar-refractivity contribution in [1.29, 1.82) is 0 Å². The smallest absolute Gasteiger partial charge is 0.329 e. The van der Waals surface area contributed by atoms with Crippen molar-refractivity contribution in [2.75, 3.05) is 18.5 Å². The van der Waals surface area contributed by atoms with Gasteiger partial charge in [0.05, 0.1) is 22.3 Å². The summed E-state index contributed by atoms with van der Waals surface area (Å²) < 4.78 is 25.8. The third-order valence-electron chi connectivity index (χ3n) is 5.91. The van der Waals surface area contributed by atoms with E-state index in [1.165, 1.54) is 24.3 Å². The van der Waals surface area contributed by atoms with E-state index in [1.807, 2.05) is 6.92 Å². The first-order valence-electron chi connectivity index (χ1n) is 12.6. The molecule has 212 valence electrons. The predicted octanol–water partition coefficient (Wildman–Crippen LogP) is 6.37. The Morgan fingerprint density at radius 2 is 1.88 bits per heavy atom. The third-order valence-corrected chi connectivity index (χ3v) is 6.65. The molecule has 8 nitrogen and oxygen atoms in total. The molecule has 0 saturated carbocycles. The van der Waals surface area contributed by atoms with E-state index in [2.05, 4.69) is 17.2 Å². The first-order chi connectivity index (χ1) is 19.7. The number of hydrogen-bond acceptors (Lipinski definition) is 5. The summed E-state index contributed by atoms with van der Waals surface area (Å²) in [6, 6.07) is 13.5. The fourth-order valence-corrected chi connectivity index (χ4v) is 4.38. The van der Waals surface area contributed by atoms with Crippen LogP contribution in [0.3, 0.4) is 0 Å². The SMILES string of the molecule is C=CCc1cc(/C=C2/NC(=O)N(CC(=O)Nc3ccccc3F)C2=O)cc(OCC)c1OCc1ccc(Cl)c(Cl)c1. The van der Waals surface area contributed by atoms with Gasteiger partial charge in [-0.2, -0.15) is 0 Å². The van der Waals surface area contributed by atoms with Gasteiger partial charge in [-0.3, -0.25) is 9.59 Å². The number of imide groups is 1. The quantitative estimate of drug-likeness (QED) is 0.152. The van der Waals surface area contributed by atoms with Crippen LogP contribution in [0.5, 0.6) is 11.5 Å². The summed E-state index contributed by atoms with van der Waals surface area (Å²) >= 11 is 12.1. The molecule has 0 unspecified atom stereocenters. The van der Waals surface area contributed by atoms with Gasteiger partial charge in [-0.1, -0.05) is 47.5 Å². The monoisotopic (exact) mass is 597 g/mol. The van der Waals surface area contributed by atoms with Crippen LogP contribution in [0, 0.1) is 5.82 Å². The minimum absolute atomic E-state index is 0.0369. The lowest BCUT2D eigenvalue weighted by Gasteiger charge is -2.17. The molecule has 0 spiro atoms. The Bertz CT molecular complexity index is 1540. The van der Waals surface area contributed by atoms with E-state index in [9.17, 15) is 18.8 Å². The van der Waals surface area contributed by atoms with Gasteiger partial charge >= 0.3 is 6.03 Å². The third kappa shape index (κ3) is 7.25. The van der Waals surface area contributed by atoms with Crippen molar-refractivity contribution in [3.8, 4) is 11.5 Å². The lowest BCUT2D eigenvalue weighted by Crippen LogP contribution is -2.38. The van der Waals surface area contributed by atoms with Crippen molar-refractivity contribution in [3.05, 3.63) is 106 Å². The number of halogens is 3. The van der Waals surface area contributed by atoms with Crippen molar-refractivity contribution in [1.82, 2.24) is 10.2 Å². The zero-order valence-corrected chi connectivity index (χ0v) is 23.5. The molecular formula is C30H26Cl2FN3O5. The minimum Gasteiger partial charge on any atom is -0.490 e. The average molecular weight is 598 g/mol. The van der Waals surface area contributed by atoms with Crippen molar-refractivity contribution in [3.63, 3.8) is 0 Å². The molecule has 1 heterocycles. The number of anilines is 1. The second-order valence-electron chi connectivity index (χ2n) is 8.88. The summed E-state index contributed by atoms with van der Waals surface area (Å²) in [5.41, 5.74) is 1.99. The van der Waals surface area contributed by atoms with Crippen LogP contribution in [-0.2, 0) is 22.6 Å². The van der Waals surface area contributed by atoms with Gasteiger partial charge in [-0.15, -0.1) is 6.58 Å². The first kappa shape index (κ1) is 29.6. The van der Waals surface area contributed by atoms with E-state index >= 15 is 0 Å². The Hall–Kier alpha value is -4.34. The molecule has 0 radical (unpaired) electrons. The lowest BCUT2D eigenvalue weighted by atomic mass is 10.0. The molecule has 4 amide bonds. The Balaban J connectivity index is 1.56. The van der Waals surface area contributed by atoms with Gasteiger partial charge in [-0.05, 0) is 66.9 Å². The van der Waals surface area contributed by atoms with Gasteiger partial charge in [0.2, 0.25) is 5.91 Å². The number of hydrogen-bond donors (Lipinski definition) is 2. The van der Waals surface area contributed by atoms with Crippen LogP contribution in [0.15, 0.2) is 72.9 Å². The molecule has 3 aromatic rings. The molecule has 11 heteroatoms. The van der Waals surface area contributed by atoms with Gasteiger partial charge in [-0.25, -0.2) is 14.1 Å². The number of carbonyl (C=O) groups is 3. The molecule has 1 saturated heterocycles. The maximum atomic E-state index is 13.9. The molecule has 4 rings (SSSR count). The molecule has 0 atom stereocenters. The van der Waals surface area contributed by atoms with Crippen LogP contribution in [0.1, 0.15) is 23.6 Å². The summed E-state index contributed by atoms with van der Waals surface area (Å²) in [7, 11) is 0. The second-order valence-corrected chi connectivity index (χ2v) is 9.69. The van der Waals surface area contributed by atoms with E-state index in [1.54, 1.807) is 42.5 Å². The first-order valence-corrected chi connectivity index (χ1v) is 13.3. The maximum absolute atomic E-state index is 13.9. The number of nitrogens with zero attached hydrogens (tertiary/aromatic N) is 1. The van der Waals surface area contributed by atoms with Crippen molar-refractivity contribution in [2.45, 2.75) is 20.0 Å². The molecule has 0 aliphatic carbocycles. The van der Waals surface area contributed by atoms with Gasteiger partial charge in [0.25, 0.3) is 5.91 Å². The number of ether oxygens (including phenoxy) is 2. The molecule has 0 bridgehead atoms. The molecule has 3 aromatic carbocycles. The number of rotatable bonds is 11. The van der Waals surface area contributed by atoms with E-state index in [4.69, 9.17) is 32.7 Å². The van der Waals surface area contributed by atoms with Crippen LogP contribution in [0.25, 0.3) is 6.08 Å². The maximum Gasteiger partial charge on any atom is 0.329 e. The number of carbonyl (C=O) groups excluding carboxylic acids is 3. The molecule has 2 N–H and O–H groups in total. The number of urea groups is 1. The highest BCUT2D eigenvalue weighted by molar-refractivity contribution is 6.42. The zero-order chi connectivity index (χ0) is 29.5. The van der Waals surface area contributed by atoms with Crippen LogP contribution in [0.4, 0.5) is 14.9 Å². The molecule has 1 fully saturated rings. The van der Waals surface area contributed by atoms with E-state index < -0.39 is 30.2 Å². The Morgan fingerprint density at radius 3 is 2.59 bits per heavy atom. The van der Waals surface area contributed by atoms with Crippen LogP contribution < -0.4 is 20.1 Å². The number of amides is 4. The second kappa shape index (κ2) is 13.3. The normalized spacial score (nSPS) is 13.8. The molecule has 41 heavy (non-hydrogen) atoms. The Kier molecular flexibility index (Phi) is 9.65. The molecule has 1 aliphatic heterocycles. The van der Waals surface area contributed by atoms with Gasteiger partial charge in [0, 0.05) is 5.56 Å². The average Bonchev–Trinajstić information content (AvgIpc) is 3.19. The largest absolute Gasteiger partial charge is 0.490 e. The van der Waals surface area contributed by atoms with Crippen molar-refractivity contribution >= 4 is 52.8 Å². The van der Waals surface area contributed by atoms with Crippen LogP contribution >= 0.6 is 23.2 Å². The van der Waals surface area contributed by atoms with Gasteiger partial charge in [0.15, 0.2) is 11.5 Å². The fourth-order valence-electron chi connectivity index (χ4n) is 4.06. The highest BCUT2D eigenvalue weighted by atomic mass is 35.5. The number of allylic oxidation sites excluding steroid dienone is 1. The number of para-hydroxylation sites is 1. The van der Waals surface area contributed by atoms with Crippen LogP contribution in [0.2, 0.25) is 10.0 Å². The van der Waals surface area contributed by atoms with E-state index in [0.29, 0.717) is 40.1 Å². The topological polar surface area (TPSA) is 97.0 Å².